The highest BCUT2D eigenvalue weighted by Gasteiger charge is 2.47. The van der Waals surface area contributed by atoms with Gasteiger partial charge in [-0.2, -0.15) is 8.42 Å². The molecule has 2 aliphatic carbocycles. The molecule has 2 atom stereocenters. The first kappa shape index (κ1) is 11.9. The van der Waals surface area contributed by atoms with Crippen molar-refractivity contribution in [3.8, 4) is 11.8 Å². The van der Waals surface area contributed by atoms with E-state index in [0.29, 0.717) is 12.5 Å². The van der Waals surface area contributed by atoms with Crippen LogP contribution in [0.25, 0.3) is 0 Å². The van der Waals surface area contributed by atoms with Gasteiger partial charge in [0.25, 0.3) is 10.1 Å². The van der Waals surface area contributed by atoms with Gasteiger partial charge in [-0.05, 0) is 37.0 Å². The zero-order valence-electron chi connectivity index (χ0n) is 9.61. The Hall–Kier alpha value is -0.530. The maximum Gasteiger partial charge on any atom is 0.264 e. The predicted molar refractivity (Wildman–Crippen MR) is 62.1 cm³/mol. The zero-order valence-corrected chi connectivity index (χ0v) is 10.4. The Morgan fingerprint density at radius 3 is 2.25 bits per heavy atom. The van der Waals surface area contributed by atoms with Crippen LogP contribution in [0.3, 0.4) is 0 Å². The number of fused-ring (bicyclic) bond motifs is 1. The van der Waals surface area contributed by atoms with Crippen molar-refractivity contribution in [1.29, 1.82) is 0 Å². The third-order valence-corrected chi connectivity index (χ3v) is 4.18. The summed E-state index contributed by atoms with van der Waals surface area (Å²) in [7, 11) is -3.26. The van der Waals surface area contributed by atoms with E-state index in [1.54, 1.807) is 0 Å². The van der Waals surface area contributed by atoms with Crippen LogP contribution in [0.15, 0.2) is 0 Å². The second kappa shape index (κ2) is 4.77. The van der Waals surface area contributed by atoms with Gasteiger partial charge in [0.2, 0.25) is 0 Å². The maximum atomic E-state index is 10.8. The van der Waals surface area contributed by atoms with Gasteiger partial charge in [-0.15, -0.1) is 11.8 Å². The van der Waals surface area contributed by atoms with E-state index in [1.807, 2.05) is 0 Å². The molecule has 0 spiro atoms. The van der Waals surface area contributed by atoms with Gasteiger partial charge in [-0.25, -0.2) is 0 Å². The van der Waals surface area contributed by atoms with Gasteiger partial charge in [0.05, 0.1) is 12.9 Å². The lowest BCUT2D eigenvalue weighted by Crippen LogP contribution is -2.05. The summed E-state index contributed by atoms with van der Waals surface area (Å²) in [5.74, 6) is 8.56. The van der Waals surface area contributed by atoms with Crippen LogP contribution < -0.4 is 0 Å². The van der Waals surface area contributed by atoms with Crippen LogP contribution in [0.1, 0.15) is 32.1 Å². The summed E-state index contributed by atoms with van der Waals surface area (Å²) in [6, 6.07) is 0. The van der Waals surface area contributed by atoms with E-state index in [1.165, 1.54) is 12.8 Å². The minimum absolute atomic E-state index is 0.345. The smallest absolute Gasteiger partial charge is 0.264 e. The Kier molecular flexibility index (Phi) is 3.56. The lowest BCUT2D eigenvalue weighted by Gasteiger charge is -2.00. The highest BCUT2D eigenvalue weighted by molar-refractivity contribution is 7.85. The lowest BCUT2D eigenvalue weighted by atomic mass is 10.1. The predicted octanol–water partition coefficient (Wildman–Crippen LogP) is 1.79. The molecule has 0 N–H and O–H groups in total. The molecule has 0 aromatic carbocycles. The van der Waals surface area contributed by atoms with Crippen molar-refractivity contribution in [1.82, 2.24) is 0 Å². The first-order chi connectivity index (χ1) is 7.58. The van der Waals surface area contributed by atoms with Gasteiger partial charge < -0.3 is 0 Å². The second-order valence-corrected chi connectivity index (χ2v) is 6.38. The zero-order chi connectivity index (χ0) is 11.6. The van der Waals surface area contributed by atoms with E-state index in [0.717, 1.165) is 37.4 Å². The molecular formula is C12H18O3S. The molecule has 0 aromatic rings. The van der Waals surface area contributed by atoms with Crippen molar-refractivity contribution < 1.29 is 12.6 Å². The highest BCUT2D eigenvalue weighted by Crippen LogP contribution is 2.54. The fraction of sp³-hybridized carbons (Fsp3) is 0.833. The van der Waals surface area contributed by atoms with Crippen molar-refractivity contribution in [2.45, 2.75) is 32.1 Å². The van der Waals surface area contributed by atoms with Crippen LogP contribution in [-0.2, 0) is 14.3 Å². The van der Waals surface area contributed by atoms with Gasteiger partial charge in [0, 0.05) is 12.8 Å². The molecule has 2 unspecified atom stereocenters. The van der Waals surface area contributed by atoms with Crippen molar-refractivity contribution >= 4 is 10.1 Å². The fourth-order valence-corrected chi connectivity index (χ4v) is 3.20. The minimum atomic E-state index is -3.26. The largest absolute Gasteiger partial charge is 0.270 e. The standard InChI is InChI=1S/C12H18O3S/c1-16(13,14)15-9-8-12-10-6-4-2-3-5-7-11(10)12/h10-12H,4-9H2,1H3. The molecule has 2 rings (SSSR count). The summed E-state index contributed by atoms with van der Waals surface area (Å²) >= 11 is 0. The van der Waals surface area contributed by atoms with Crippen LogP contribution in [-0.4, -0.2) is 21.3 Å². The van der Waals surface area contributed by atoms with Crippen LogP contribution in [0.2, 0.25) is 0 Å². The average Bonchev–Trinajstić information content (AvgIpc) is 2.73. The average molecular weight is 242 g/mol. The molecule has 1 saturated carbocycles. The quantitative estimate of drug-likeness (QED) is 0.557. The van der Waals surface area contributed by atoms with Crippen molar-refractivity contribution in [2.75, 3.05) is 12.9 Å². The molecule has 1 fully saturated rings. The summed E-state index contributed by atoms with van der Waals surface area (Å²) < 4.78 is 26.4. The monoisotopic (exact) mass is 242 g/mol. The molecule has 90 valence electrons. The Balaban J connectivity index is 1.73. The Morgan fingerprint density at radius 1 is 1.19 bits per heavy atom. The van der Waals surface area contributed by atoms with E-state index in [9.17, 15) is 8.42 Å². The molecule has 0 radical (unpaired) electrons. The number of rotatable bonds is 4. The van der Waals surface area contributed by atoms with E-state index in [4.69, 9.17) is 4.18 Å². The van der Waals surface area contributed by atoms with Gasteiger partial charge in [0.15, 0.2) is 0 Å². The second-order valence-electron chi connectivity index (χ2n) is 4.74. The summed E-state index contributed by atoms with van der Waals surface area (Å²) in [5.41, 5.74) is 0. The lowest BCUT2D eigenvalue weighted by molar-refractivity contribution is 0.301. The number of hydrogen-bond donors (Lipinski definition) is 0. The van der Waals surface area contributed by atoms with Crippen LogP contribution >= 0.6 is 0 Å². The van der Waals surface area contributed by atoms with E-state index >= 15 is 0 Å². The summed E-state index contributed by atoms with van der Waals surface area (Å²) in [5, 5.41) is 0. The van der Waals surface area contributed by atoms with E-state index in [-0.39, 0.29) is 0 Å². The number of hydrogen-bond acceptors (Lipinski definition) is 3. The summed E-state index contributed by atoms with van der Waals surface area (Å²) in [6.45, 7) is 0.345. The molecular weight excluding hydrogens is 224 g/mol. The molecule has 0 amide bonds. The minimum Gasteiger partial charge on any atom is -0.270 e. The van der Waals surface area contributed by atoms with E-state index < -0.39 is 10.1 Å². The third kappa shape index (κ3) is 3.23. The third-order valence-electron chi connectivity index (χ3n) is 3.59. The molecule has 0 bridgehead atoms. The molecule has 0 saturated heterocycles. The Morgan fingerprint density at radius 2 is 1.75 bits per heavy atom. The van der Waals surface area contributed by atoms with E-state index in [2.05, 4.69) is 11.8 Å². The van der Waals surface area contributed by atoms with Crippen LogP contribution in [0.4, 0.5) is 0 Å². The molecule has 4 heteroatoms. The molecule has 2 aliphatic rings. The molecule has 0 heterocycles. The SMILES string of the molecule is CS(=O)(=O)OCCC1C2CCC#CCCC21. The van der Waals surface area contributed by atoms with Gasteiger partial charge in [-0.1, -0.05) is 0 Å². The Labute approximate surface area is 97.7 Å². The van der Waals surface area contributed by atoms with Crippen LogP contribution in [0, 0.1) is 29.6 Å². The maximum absolute atomic E-state index is 10.8. The first-order valence-corrected chi connectivity index (χ1v) is 7.70. The van der Waals surface area contributed by atoms with Crippen LogP contribution in [0.5, 0.6) is 0 Å². The van der Waals surface area contributed by atoms with Crippen molar-refractivity contribution in [3.05, 3.63) is 0 Å². The molecule has 0 aromatic heterocycles. The topological polar surface area (TPSA) is 43.4 Å². The molecule has 3 nitrogen and oxygen atoms in total. The first-order valence-electron chi connectivity index (χ1n) is 5.88. The summed E-state index contributed by atoms with van der Waals surface area (Å²) in [4.78, 5) is 0. The molecule has 0 aliphatic heterocycles. The molecule has 16 heavy (non-hydrogen) atoms. The summed E-state index contributed by atoms with van der Waals surface area (Å²) in [6.07, 6.45) is 6.36. The van der Waals surface area contributed by atoms with Gasteiger partial charge in [0.1, 0.15) is 0 Å². The van der Waals surface area contributed by atoms with Crippen molar-refractivity contribution in [3.63, 3.8) is 0 Å². The van der Waals surface area contributed by atoms with Gasteiger partial charge >= 0.3 is 0 Å². The normalized spacial score (nSPS) is 32.9. The fourth-order valence-electron chi connectivity index (χ4n) is 2.80. The van der Waals surface area contributed by atoms with Gasteiger partial charge in [-0.3, -0.25) is 4.18 Å². The Bertz CT molecular complexity index is 384. The van der Waals surface area contributed by atoms with Crippen molar-refractivity contribution in [2.24, 2.45) is 17.8 Å². The highest BCUT2D eigenvalue weighted by atomic mass is 32.2.